The van der Waals surface area contributed by atoms with Crippen LogP contribution in [0.1, 0.15) is 19.8 Å². The molecule has 0 bridgehead atoms. The van der Waals surface area contributed by atoms with Crippen LogP contribution in [0.5, 0.6) is 5.75 Å². The molecule has 2 rings (SSSR count). The number of carbonyl (C=O) groups is 2. The quantitative estimate of drug-likeness (QED) is 0.928. The lowest BCUT2D eigenvalue weighted by atomic mass is 9.97. The van der Waals surface area contributed by atoms with Gasteiger partial charge in [-0.3, -0.25) is 4.79 Å². The van der Waals surface area contributed by atoms with E-state index in [9.17, 15) is 9.59 Å². The molecule has 120 valence electrons. The summed E-state index contributed by atoms with van der Waals surface area (Å²) in [5, 5.41) is 2.88. The number of piperidine rings is 1. The number of nitrogens with one attached hydrogen (secondary N) is 1. The monoisotopic (exact) mass is 306 g/mol. The molecule has 0 aliphatic carbocycles. The molecule has 1 heterocycles. The number of ether oxygens (including phenoxy) is 2. The Morgan fingerprint density at radius 3 is 2.86 bits per heavy atom. The van der Waals surface area contributed by atoms with E-state index < -0.39 is 0 Å². The zero-order valence-electron chi connectivity index (χ0n) is 13.0. The Morgan fingerprint density at radius 1 is 1.36 bits per heavy atom. The minimum absolute atomic E-state index is 0.0986. The fraction of sp³-hybridized carbons (Fsp3) is 0.500. The predicted molar refractivity (Wildman–Crippen MR) is 82.9 cm³/mol. The first-order chi connectivity index (χ1) is 10.7. The predicted octanol–water partition coefficient (Wildman–Crippen LogP) is 2.50. The van der Waals surface area contributed by atoms with Crippen molar-refractivity contribution in [1.82, 2.24) is 4.90 Å². The molecule has 1 unspecified atom stereocenters. The molecule has 6 heteroatoms. The number of hydrogen-bond donors (Lipinski definition) is 1. The summed E-state index contributed by atoms with van der Waals surface area (Å²) in [6.07, 6.45) is 1.21. The third kappa shape index (κ3) is 3.90. The highest BCUT2D eigenvalue weighted by atomic mass is 16.6. The van der Waals surface area contributed by atoms with E-state index in [0.29, 0.717) is 31.1 Å². The third-order valence-electron chi connectivity index (χ3n) is 3.68. The van der Waals surface area contributed by atoms with E-state index in [2.05, 4.69) is 5.32 Å². The number of hydrogen-bond acceptors (Lipinski definition) is 4. The van der Waals surface area contributed by atoms with E-state index in [0.717, 1.165) is 12.8 Å². The third-order valence-corrected chi connectivity index (χ3v) is 3.68. The Kier molecular flexibility index (Phi) is 5.63. The van der Waals surface area contributed by atoms with Gasteiger partial charge in [0.05, 0.1) is 25.3 Å². The number of carbonyl (C=O) groups excluding carboxylic acids is 2. The van der Waals surface area contributed by atoms with E-state index >= 15 is 0 Å². The summed E-state index contributed by atoms with van der Waals surface area (Å²) in [6, 6.07) is 7.27. The fourth-order valence-electron chi connectivity index (χ4n) is 2.55. The van der Waals surface area contributed by atoms with Crippen LogP contribution in [0, 0.1) is 5.92 Å². The van der Waals surface area contributed by atoms with E-state index in [-0.39, 0.29) is 17.9 Å². The maximum atomic E-state index is 12.4. The minimum Gasteiger partial charge on any atom is -0.495 e. The smallest absolute Gasteiger partial charge is 0.409 e. The second-order valence-electron chi connectivity index (χ2n) is 5.17. The van der Waals surface area contributed by atoms with Gasteiger partial charge in [0.25, 0.3) is 0 Å². The lowest BCUT2D eigenvalue weighted by Gasteiger charge is -2.31. The second-order valence-corrected chi connectivity index (χ2v) is 5.17. The van der Waals surface area contributed by atoms with Crippen molar-refractivity contribution in [3.63, 3.8) is 0 Å². The first-order valence-electron chi connectivity index (χ1n) is 7.51. The van der Waals surface area contributed by atoms with Crippen molar-refractivity contribution in [2.75, 3.05) is 32.1 Å². The van der Waals surface area contributed by atoms with Gasteiger partial charge >= 0.3 is 6.09 Å². The molecule has 6 nitrogen and oxygen atoms in total. The number of benzene rings is 1. The number of nitrogens with zero attached hydrogens (tertiary/aromatic N) is 1. The van der Waals surface area contributed by atoms with Gasteiger partial charge in [0, 0.05) is 13.1 Å². The summed E-state index contributed by atoms with van der Waals surface area (Å²) in [6.45, 7) is 3.14. The van der Waals surface area contributed by atoms with Crippen LogP contribution in [0.3, 0.4) is 0 Å². The zero-order chi connectivity index (χ0) is 15.9. The van der Waals surface area contributed by atoms with Crippen LogP contribution in [-0.2, 0) is 9.53 Å². The molecule has 0 saturated carbocycles. The summed E-state index contributed by atoms with van der Waals surface area (Å²) in [5.41, 5.74) is 0.642. The maximum absolute atomic E-state index is 12.4. The van der Waals surface area contributed by atoms with Crippen molar-refractivity contribution in [2.45, 2.75) is 19.8 Å². The highest BCUT2D eigenvalue weighted by Crippen LogP contribution is 2.25. The Labute approximate surface area is 130 Å². The van der Waals surface area contributed by atoms with Crippen LogP contribution >= 0.6 is 0 Å². The lowest BCUT2D eigenvalue weighted by molar-refractivity contribution is -0.121. The van der Waals surface area contributed by atoms with Gasteiger partial charge in [-0.2, -0.15) is 0 Å². The number of para-hydroxylation sites is 2. The summed E-state index contributed by atoms with van der Waals surface area (Å²) in [4.78, 5) is 25.8. The highest BCUT2D eigenvalue weighted by Gasteiger charge is 2.29. The first-order valence-corrected chi connectivity index (χ1v) is 7.51. The molecule has 1 aromatic rings. The van der Waals surface area contributed by atoms with Crippen LogP contribution in [0.2, 0.25) is 0 Å². The Hall–Kier alpha value is -2.24. The molecule has 1 aromatic carbocycles. The summed E-state index contributed by atoms with van der Waals surface area (Å²) < 4.78 is 10.2. The summed E-state index contributed by atoms with van der Waals surface area (Å²) in [7, 11) is 1.56. The SMILES string of the molecule is CCOC(=O)N1CCCC(C(=O)Nc2ccccc2OC)C1. The molecule has 0 spiro atoms. The average molecular weight is 306 g/mol. The normalized spacial score (nSPS) is 17.7. The lowest BCUT2D eigenvalue weighted by Crippen LogP contribution is -2.44. The van der Waals surface area contributed by atoms with E-state index in [1.165, 1.54) is 0 Å². The van der Waals surface area contributed by atoms with Crippen LogP contribution in [0.25, 0.3) is 0 Å². The number of likely N-dealkylation sites (tertiary alicyclic amines) is 1. The van der Waals surface area contributed by atoms with Gasteiger partial charge in [-0.15, -0.1) is 0 Å². The topological polar surface area (TPSA) is 67.9 Å². The Bertz CT molecular complexity index is 533. The average Bonchev–Trinajstić information content (AvgIpc) is 2.55. The van der Waals surface area contributed by atoms with Crippen LogP contribution in [-0.4, -0.2) is 43.7 Å². The van der Waals surface area contributed by atoms with Crippen LogP contribution in [0.15, 0.2) is 24.3 Å². The minimum atomic E-state index is -0.350. The molecular weight excluding hydrogens is 284 g/mol. The number of methoxy groups -OCH3 is 1. The molecule has 1 aliphatic heterocycles. The Morgan fingerprint density at radius 2 is 2.14 bits per heavy atom. The molecule has 1 fully saturated rings. The number of anilines is 1. The fourth-order valence-corrected chi connectivity index (χ4v) is 2.55. The molecule has 1 atom stereocenters. The molecular formula is C16H22N2O4. The van der Waals surface area contributed by atoms with Gasteiger partial charge in [-0.05, 0) is 31.9 Å². The van der Waals surface area contributed by atoms with Crippen molar-refractivity contribution in [3.05, 3.63) is 24.3 Å². The van der Waals surface area contributed by atoms with Crippen LogP contribution in [0.4, 0.5) is 10.5 Å². The van der Waals surface area contributed by atoms with Gasteiger partial charge in [0.2, 0.25) is 5.91 Å². The summed E-state index contributed by atoms with van der Waals surface area (Å²) in [5.74, 6) is 0.287. The van der Waals surface area contributed by atoms with Gasteiger partial charge in [0.1, 0.15) is 5.75 Å². The Balaban J connectivity index is 1.98. The van der Waals surface area contributed by atoms with Crippen molar-refractivity contribution >= 4 is 17.7 Å². The van der Waals surface area contributed by atoms with Crippen molar-refractivity contribution in [3.8, 4) is 5.75 Å². The van der Waals surface area contributed by atoms with E-state index in [4.69, 9.17) is 9.47 Å². The van der Waals surface area contributed by atoms with E-state index in [1.807, 2.05) is 12.1 Å². The molecule has 0 aromatic heterocycles. The van der Waals surface area contributed by atoms with Crippen LogP contribution < -0.4 is 10.1 Å². The van der Waals surface area contributed by atoms with Crippen molar-refractivity contribution < 1.29 is 19.1 Å². The van der Waals surface area contributed by atoms with Gasteiger partial charge < -0.3 is 19.7 Å². The molecule has 0 radical (unpaired) electrons. The molecule has 1 N–H and O–H groups in total. The maximum Gasteiger partial charge on any atom is 0.409 e. The van der Waals surface area contributed by atoms with Gasteiger partial charge in [-0.25, -0.2) is 4.79 Å². The number of amides is 2. The van der Waals surface area contributed by atoms with Crippen molar-refractivity contribution in [1.29, 1.82) is 0 Å². The standard InChI is InChI=1S/C16H22N2O4/c1-3-22-16(20)18-10-6-7-12(11-18)15(19)17-13-8-4-5-9-14(13)21-2/h4-5,8-9,12H,3,6-7,10-11H2,1-2H3,(H,17,19). The van der Waals surface area contributed by atoms with Crippen molar-refractivity contribution in [2.24, 2.45) is 5.92 Å². The number of rotatable bonds is 4. The molecule has 1 aliphatic rings. The molecule has 2 amide bonds. The van der Waals surface area contributed by atoms with Gasteiger partial charge in [-0.1, -0.05) is 12.1 Å². The first kappa shape index (κ1) is 16.1. The molecule has 1 saturated heterocycles. The summed E-state index contributed by atoms with van der Waals surface area (Å²) >= 11 is 0. The largest absolute Gasteiger partial charge is 0.495 e. The molecule has 22 heavy (non-hydrogen) atoms. The zero-order valence-corrected chi connectivity index (χ0v) is 13.0. The van der Waals surface area contributed by atoms with Gasteiger partial charge in [0.15, 0.2) is 0 Å². The second kappa shape index (κ2) is 7.68. The highest BCUT2D eigenvalue weighted by molar-refractivity contribution is 5.94. The van der Waals surface area contributed by atoms with E-state index in [1.54, 1.807) is 31.1 Å².